The van der Waals surface area contributed by atoms with Crippen molar-refractivity contribution in [2.45, 2.75) is 31.5 Å². The third kappa shape index (κ3) is 3.88. The van der Waals surface area contributed by atoms with Crippen molar-refractivity contribution >= 4 is 23.4 Å². The van der Waals surface area contributed by atoms with Crippen LogP contribution in [-0.2, 0) is 4.74 Å². The molecule has 0 amide bonds. The van der Waals surface area contributed by atoms with Crippen LogP contribution in [0.2, 0.25) is 0 Å². The number of nitrogens with one attached hydrogen (secondary N) is 3. The number of pyridine rings is 1. The molecule has 3 atom stereocenters. The van der Waals surface area contributed by atoms with E-state index in [0.717, 1.165) is 12.6 Å². The molecule has 0 aromatic carbocycles. The average Bonchev–Trinajstić information content (AvgIpc) is 3.53. The van der Waals surface area contributed by atoms with Gasteiger partial charge in [0.25, 0.3) is 0 Å². The first-order valence-corrected chi connectivity index (χ1v) is 10.2. The number of halogens is 2. The molecular formula is C20H22F2N8O2. The number of rotatable bonds is 7. The van der Waals surface area contributed by atoms with E-state index in [1.54, 1.807) is 19.1 Å². The Balaban J connectivity index is 1.47. The van der Waals surface area contributed by atoms with Gasteiger partial charge in [-0.1, -0.05) is 0 Å². The summed E-state index contributed by atoms with van der Waals surface area (Å²) in [4.78, 5) is 14.7. The molecule has 2 fully saturated rings. The third-order valence-corrected chi connectivity index (χ3v) is 5.56. The molecule has 3 aromatic rings. The maximum Gasteiger partial charge on any atom is 0.234 e. The number of ether oxygens (including phenoxy) is 2. The van der Waals surface area contributed by atoms with Crippen molar-refractivity contribution < 1.29 is 18.3 Å². The Hall–Kier alpha value is -3.54. The van der Waals surface area contributed by atoms with Crippen molar-refractivity contribution in [3.8, 4) is 5.88 Å². The largest absolute Gasteiger partial charge is 0.480 e. The maximum atomic E-state index is 15.5. The number of anilines is 4. The molecule has 3 aromatic heterocycles. The molecule has 0 saturated carbocycles. The number of nitrogens with zero attached hydrogens (tertiary/aromatic N) is 5. The summed E-state index contributed by atoms with van der Waals surface area (Å²) in [5.41, 5.74) is 0.549. The van der Waals surface area contributed by atoms with Crippen molar-refractivity contribution in [3.63, 3.8) is 0 Å². The minimum Gasteiger partial charge on any atom is -0.480 e. The summed E-state index contributed by atoms with van der Waals surface area (Å²) in [5, 5.41) is 12.8. The van der Waals surface area contributed by atoms with E-state index in [9.17, 15) is 4.39 Å². The fourth-order valence-electron chi connectivity index (χ4n) is 3.95. The van der Waals surface area contributed by atoms with Gasteiger partial charge >= 0.3 is 0 Å². The van der Waals surface area contributed by atoms with Gasteiger partial charge in [-0.15, -0.1) is 5.10 Å². The monoisotopic (exact) mass is 444 g/mol. The molecule has 5 heterocycles. The van der Waals surface area contributed by atoms with Gasteiger partial charge in [-0.25, -0.2) is 4.39 Å². The zero-order valence-corrected chi connectivity index (χ0v) is 17.5. The van der Waals surface area contributed by atoms with Crippen LogP contribution in [-0.4, -0.2) is 57.6 Å². The van der Waals surface area contributed by atoms with Crippen LogP contribution in [0.3, 0.4) is 0 Å². The lowest BCUT2D eigenvalue weighted by atomic mass is 10.2. The number of hydrogen-bond acceptors (Lipinski definition) is 9. The fraction of sp³-hybridized carbons (Fsp3) is 0.400. The Labute approximate surface area is 182 Å². The number of aromatic amines is 1. The number of aromatic nitrogens is 5. The Bertz CT molecular complexity index is 1110. The van der Waals surface area contributed by atoms with E-state index in [1.807, 2.05) is 4.90 Å². The van der Waals surface area contributed by atoms with Gasteiger partial charge in [-0.3, -0.25) is 10.1 Å². The normalized spacial score (nSPS) is 20.4. The molecule has 5 rings (SSSR count). The van der Waals surface area contributed by atoms with E-state index in [0.29, 0.717) is 30.5 Å². The van der Waals surface area contributed by atoms with Crippen LogP contribution in [0.25, 0.3) is 0 Å². The summed E-state index contributed by atoms with van der Waals surface area (Å²) in [6.45, 7) is 2.89. The Kier molecular flexibility index (Phi) is 5.21. The Morgan fingerprint density at radius 1 is 1.31 bits per heavy atom. The van der Waals surface area contributed by atoms with Gasteiger partial charge in [0.2, 0.25) is 17.6 Å². The van der Waals surface area contributed by atoms with Crippen molar-refractivity contribution in [2.75, 3.05) is 35.8 Å². The molecule has 12 heteroatoms. The van der Waals surface area contributed by atoms with Crippen LogP contribution >= 0.6 is 0 Å². The van der Waals surface area contributed by atoms with Crippen molar-refractivity contribution in [1.29, 1.82) is 0 Å². The average molecular weight is 444 g/mol. The topological polar surface area (TPSA) is 113 Å². The Morgan fingerprint density at radius 3 is 2.84 bits per heavy atom. The van der Waals surface area contributed by atoms with Crippen LogP contribution < -0.4 is 20.3 Å². The van der Waals surface area contributed by atoms with Gasteiger partial charge in [0.05, 0.1) is 43.8 Å². The van der Waals surface area contributed by atoms with Crippen molar-refractivity contribution in [1.82, 2.24) is 25.1 Å². The lowest BCUT2D eigenvalue weighted by molar-refractivity contribution is 0.0986. The molecule has 2 aliphatic heterocycles. The van der Waals surface area contributed by atoms with Crippen LogP contribution in [0.1, 0.15) is 25.1 Å². The highest BCUT2D eigenvalue weighted by molar-refractivity contribution is 5.60. The molecular weight excluding hydrogens is 422 g/mol. The second-order valence-electron chi connectivity index (χ2n) is 7.75. The van der Waals surface area contributed by atoms with Gasteiger partial charge in [-0.2, -0.15) is 14.4 Å². The highest BCUT2D eigenvalue weighted by atomic mass is 19.1. The minimum absolute atomic E-state index is 0.00583. The van der Waals surface area contributed by atoms with E-state index in [1.165, 1.54) is 13.2 Å². The van der Waals surface area contributed by atoms with Crippen LogP contribution in [0, 0.1) is 11.6 Å². The second kappa shape index (κ2) is 8.19. The molecule has 32 heavy (non-hydrogen) atoms. The summed E-state index contributed by atoms with van der Waals surface area (Å²) in [5.74, 6) is 0.238. The minimum atomic E-state index is -0.570. The number of hydrogen-bond donors (Lipinski definition) is 3. The van der Waals surface area contributed by atoms with E-state index in [-0.39, 0.29) is 29.7 Å². The molecule has 0 radical (unpaired) electrons. The molecule has 168 valence electrons. The van der Waals surface area contributed by atoms with E-state index in [2.05, 4.69) is 35.8 Å². The molecule has 0 spiro atoms. The van der Waals surface area contributed by atoms with Gasteiger partial charge < -0.3 is 25.0 Å². The zero-order valence-electron chi connectivity index (χ0n) is 17.5. The van der Waals surface area contributed by atoms with Crippen molar-refractivity contribution in [3.05, 3.63) is 41.7 Å². The smallest absolute Gasteiger partial charge is 0.234 e. The molecule has 2 aliphatic rings. The molecule has 0 aliphatic carbocycles. The summed E-state index contributed by atoms with van der Waals surface area (Å²) >= 11 is 0. The lowest BCUT2D eigenvalue weighted by Gasteiger charge is -2.29. The standard InChI is InChI=1S/C20H22F2N8O2/c1-10(14-4-3-11(21)7-23-14)24-18-17(22)19(30-8-13-5-12(30)9-32-13)27-20(26-18)25-15-6-16(31-2)29-28-15/h3-4,6-7,10,12-13H,5,8-9H2,1-2H3,(H3,24,25,26,27,28,29)/t10?,12?,13-/m0/s1. The zero-order chi connectivity index (χ0) is 22.2. The van der Waals surface area contributed by atoms with Gasteiger partial charge in [0.1, 0.15) is 11.6 Å². The van der Waals surface area contributed by atoms with Crippen LogP contribution in [0.4, 0.5) is 32.2 Å². The summed E-state index contributed by atoms with van der Waals surface area (Å²) in [7, 11) is 1.50. The molecule has 10 nitrogen and oxygen atoms in total. The number of morpholine rings is 1. The number of methoxy groups -OCH3 is 1. The van der Waals surface area contributed by atoms with Crippen LogP contribution in [0.5, 0.6) is 5.88 Å². The van der Waals surface area contributed by atoms with Gasteiger partial charge in [-0.05, 0) is 25.5 Å². The predicted molar refractivity (Wildman–Crippen MR) is 112 cm³/mol. The molecule has 2 saturated heterocycles. The van der Waals surface area contributed by atoms with Crippen LogP contribution in [0.15, 0.2) is 24.4 Å². The summed E-state index contributed by atoms with van der Waals surface area (Å²) < 4.78 is 39.5. The quantitative estimate of drug-likeness (QED) is 0.506. The van der Waals surface area contributed by atoms with E-state index >= 15 is 4.39 Å². The van der Waals surface area contributed by atoms with E-state index < -0.39 is 17.7 Å². The first-order valence-electron chi connectivity index (χ1n) is 10.2. The van der Waals surface area contributed by atoms with Gasteiger partial charge in [0.15, 0.2) is 11.6 Å². The van der Waals surface area contributed by atoms with E-state index in [4.69, 9.17) is 9.47 Å². The highest BCUT2D eigenvalue weighted by Crippen LogP contribution is 2.36. The lowest BCUT2D eigenvalue weighted by Crippen LogP contribution is -2.38. The maximum absolute atomic E-state index is 15.5. The number of fused-ring (bicyclic) bond motifs is 2. The van der Waals surface area contributed by atoms with Crippen molar-refractivity contribution in [2.24, 2.45) is 0 Å². The number of H-pyrrole nitrogens is 1. The van der Waals surface area contributed by atoms with Gasteiger partial charge in [0, 0.05) is 12.6 Å². The predicted octanol–water partition coefficient (Wildman–Crippen LogP) is 2.78. The third-order valence-electron chi connectivity index (χ3n) is 5.56. The second-order valence-corrected chi connectivity index (χ2v) is 7.75. The SMILES string of the molecule is COc1cc(Nc2nc(NC(C)c3ccc(F)cn3)c(F)c(N3C[C@@H]4CC3CO4)n2)[nH]n1. The summed E-state index contributed by atoms with van der Waals surface area (Å²) in [6.07, 6.45) is 2.03. The molecule has 3 N–H and O–H groups in total. The highest BCUT2D eigenvalue weighted by Gasteiger charge is 2.41. The molecule has 2 unspecified atom stereocenters. The fourth-order valence-corrected chi connectivity index (χ4v) is 3.95. The Morgan fingerprint density at radius 2 is 2.19 bits per heavy atom. The summed E-state index contributed by atoms with van der Waals surface area (Å²) in [6, 6.07) is 4.12. The first kappa shape index (κ1) is 20.4. The molecule has 2 bridgehead atoms. The first-order chi connectivity index (χ1) is 15.5.